The van der Waals surface area contributed by atoms with Gasteiger partial charge in [-0.15, -0.1) is 0 Å². The van der Waals surface area contributed by atoms with E-state index in [0.717, 1.165) is 106 Å². The van der Waals surface area contributed by atoms with Gasteiger partial charge in [-0.3, -0.25) is 0 Å². The van der Waals surface area contributed by atoms with Crippen molar-refractivity contribution in [2.45, 2.75) is 78.9 Å². The molecule has 18 heteroatoms. The van der Waals surface area contributed by atoms with Crippen LogP contribution < -0.4 is 17.1 Å². The van der Waals surface area contributed by atoms with Gasteiger partial charge in [0.15, 0.2) is 0 Å². The summed E-state index contributed by atoms with van der Waals surface area (Å²) in [6, 6.07) is 0. The van der Waals surface area contributed by atoms with Crippen LogP contribution in [0.2, 0.25) is 0 Å². The number of ether oxygens (including phenoxy) is 3. The number of nitrogens with zero attached hydrogens (tertiary/aromatic N) is 3. The molecule has 42 heavy (non-hydrogen) atoms. The van der Waals surface area contributed by atoms with Crippen molar-refractivity contribution in [3.8, 4) is 0 Å². The van der Waals surface area contributed by atoms with E-state index in [9.17, 15) is 14.4 Å². The Hall–Kier alpha value is -1.47. The second kappa shape index (κ2) is 23.9. The lowest BCUT2D eigenvalue weighted by atomic mass is 10.4. The van der Waals surface area contributed by atoms with Gasteiger partial charge in [0, 0.05) is 53.9 Å². The molecule has 0 amide bonds. The van der Waals surface area contributed by atoms with Gasteiger partial charge in [-0.25, -0.2) is 28.1 Å². The summed E-state index contributed by atoms with van der Waals surface area (Å²) in [5.41, 5.74) is -2.52. The summed E-state index contributed by atoms with van der Waals surface area (Å²) in [6.07, 6.45) is 5.91. The molecule has 1 aromatic heterocycles. The maximum absolute atomic E-state index is 13.1. The molecule has 0 aliphatic heterocycles. The number of hydrogen-bond donors (Lipinski definition) is 0. The molecular formula is C24H39N3O9S6. The van der Waals surface area contributed by atoms with E-state index in [1.807, 2.05) is 0 Å². The molecule has 0 radical (unpaired) electrons. The predicted octanol–water partition coefficient (Wildman–Crippen LogP) is 4.47. The van der Waals surface area contributed by atoms with E-state index < -0.39 is 17.1 Å². The standard InChI is InChI=1S/C24H39N3O9S6/c1-4-7-16-40-34-22(37)31-13-10-25-19(28)26(11-14-32-23(38)35-41-17-8-5-2)21(30)27(20(25)29)12-15-33-24(39)36-42-18-9-6-3/h4-18H2,1-3H3. The van der Waals surface area contributed by atoms with E-state index in [1.165, 1.54) is 0 Å². The minimum atomic E-state index is -0.839. The third-order valence-corrected chi connectivity index (χ3v) is 8.21. The van der Waals surface area contributed by atoms with Crippen molar-refractivity contribution in [1.29, 1.82) is 0 Å². The molecule has 240 valence electrons. The van der Waals surface area contributed by atoms with Gasteiger partial charge < -0.3 is 26.8 Å². The molecule has 0 bridgehead atoms. The van der Waals surface area contributed by atoms with E-state index in [-0.39, 0.29) is 55.2 Å². The number of aromatic nitrogens is 3. The highest BCUT2D eigenvalue weighted by Gasteiger charge is 2.17. The molecule has 0 aromatic carbocycles. The zero-order valence-electron chi connectivity index (χ0n) is 24.1. The largest absolute Gasteiger partial charge is 0.454 e. The maximum atomic E-state index is 13.1. The van der Waals surface area contributed by atoms with Crippen molar-refractivity contribution in [2.75, 3.05) is 37.1 Å². The second-order valence-corrected chi connectivity index (χ2v) is 11.8. The summed E-state index contributed by atoms with van der Waals surface area (Å²) in [5, 5.41) is -0.347. The van der Waals surface area contributed by atoms with Gasteiger partial charge >= 0.3 is 32.8 Å². The third kappa shape index (κ3) is 15.8. The van der Waals surface area contributed by atoms with E-state index in [2.05, 4.69) is 20.8 Å². The van der Waals surface area contributed by atoms with Gasteiger partial charge in [-0.05, 0) is 19.3 Å². The van der Waals surface area contributed by atoms with Crippen LogP contribution in [-0.2, 0) is 46.4 Å². The molecule has 0 saturated heterocycles. The Morgan fingerprint density at radius 1 is 0.548 bits per heavy atom. The van der Waals surface area contributed by atoms with Gasteiger partial charge in [0.05, 0.1) is 55.8 Å². The molecule has 1 aromatic rings. The number of hydrogen-bond acceptors (Lipinski definition) is 15. The maximum Gasteiger partial charge on any atom is 0.364 e. The molecular weight excluding hydrogens is 667 g/mol. The summed E-state index contributed by atoms with van der Waals surface area (Å²) in [6.45, 7) is 5.22. The quantitative estimate of drug-likeness (QED) is 0.102. The number of unbranched alkanes of at least 4 members (excludes halogenated alkanes) is 3. The second-order valence-electron chi connectivity index (χ2n) is 8.37. The molecule has 1 heterocycles. The van der Waals surface area contributed by atoms with Crippen molar-refractivity contribution in [1.82, 2.24) is 13.7 Å². The van der Waals surface area contributed by atoms with Gasteiger partial charge in [0.25, 0.3) is 0 Å². The fourth-order valence-electron chi connectivity index (χ4n) is 2.87. The topological polar surface area (TPSA) is 121 Å². The Bertz CT molecular complexity index is 974. The molecule has 0 spiro atoms. The minimum absolute atomic E-state index is 0.116. The molecule has 12 nitrogen and oxygen atoms in total. The first-order valence-corrected chi connectivity index (χ1v) is 17.5. The lowest BCUT2D eigenvalue weighted by Gasteiger charge is -2.15. The predicted molar refractivity (Wildman–Crippen MR) is 180 cm³/mol. The smallest absolute Gasteiger partial charge is 0.364 e. The lowest BCUT2D eigenvalue weighted by Crippen LogP contribution is -2.55. The van der Waals surface area contributed by atoms with Crippen LogP contribution >= 0.6 is 72.8 Å². The summed E-state index contributed by atoms with van der Waals surface area (Å²) in [4.78, 5) is 39.4. The molecule has 0 aliphatic carbocycles. The molecule has 0 unspecified atom stereocenters. The van der Waals surface area contributed by atoms with Crippen LogP contribution in [0.1, 0.15) is 59.3 Å². The Morgan fingerprint density at radius 2 is 0.810 bits per heavy atom. The van der Waals surface area contributed by atoms with E-state index in [4.69, 9.17) is 63.4 Å². The SMILES string of the molecule is CCCCSOC(=S)OCCn1c(=O)n(CCOC(=S)OSCCCC)c(=O)n(CCOC(=S)OSCCCC)c1=O. The van der Waals surface area contributed by atoms with Crippen LogP contribution in [0.3, 0.4) is 0 Å². The Morgan fingerprint density at radius 3 is 1.05 bits per heavy atom. The van der Waals surface area contributed by atoms with Gasteiger partial charge in [-0.1, -0.05) is 40.0 Å². The Balaban J connectivity index is 2.95. The lowest BCUT2D eigenvalue weighted by molar-refractivity contribution is 0.218. The Labute approximate surface area is 275 Å². The van der Waals surface area contributed by atoms with Crippen LogP contribution in [0.15, 0.2) is 14.4 Å². The monoisotopic (exact) mass is 705 g/mol. The summed E-state index contributed by atoms with van der Waals surface area (Å²) < 4.78 is 34.5. The average Bonchev–Trinajstić information content (AvgIpc) is 2.97. The molecule has 0 saturated carbocycles. The average molecular weight is 706 g/mol. The van der Waals surface area contributed by atoms with Crippen molar-refractivity contribution >= 4 is 88.5 Å². The third-order valence-electron chi connectivity index (χ3n) is 5.11. The van der Waals surface area contributed by atoms with Crippen LogP contribution in [0.4, 0.5) is 0 Å². The van der Waals surface area contributed by atoms with Crippen LogP contribution in [0, 0.1) is 0 Å². The first-order chi connectivity index (χ1) is 20.3. The van der Waals surface area contributed by atoms with Crippen molar-refractivity contribution < 1.29 is 26.8 Å². The molecule has 0 N–H and O–H groups in total. The minimum Gasteiger partial charge on any atom is -0.454 e. The van der Waals surface area contributed by atoms with Crippen molar-refractivity contribution in [3.05, 3.63) is 31.5 Å². The van der Waals surface area contributed by atoms with E-state index >= 15 is 0 Å². The van der Waals surface area contributed by atoms with Gasteiger partial charge in [0.2, 0.25) is 0 Å². The molecule has 0 atom stereocenters. The highest BCUT2D eigenvalue weighted by atomic mass is 32.2. The highest BCUT2D eigenvalue weighted by molar-refractivity contribution is 7.96. The first-order valence-electron chi connectivity index (χ1n) is 13.6. The normalized spacial score (nSPS) is 10.6. The summed E-state index contributed by atoms with van der Waals surface area (Å²) in [7, 11) is 0. The fraction of sp³-hybridized carbons (Fsp3) is 0.750. The highest BCUT2D eigenvalue weighted by Crippen LogP contribution is 2.09. The summed E-state index contributed by atoms with van der Waals surface area (Å²) >= 11 is 18.6. The van der Waals surface area contributed by atoms with Gasteiger partial charge in [0.1, 0.15) is 19.8 Å². The van der Waals surface area contributed by atoms with Crippen molar-refractivity contribution in [3.63, 3.8) is 0 Å². The van der Waals surface area contributed by atoms with Crippen LogP contribution in [0.5, 0.6) is 0 Å². The Kier molecular flexibility index (Phi) is 22.0. The number of thiocarbonyl (C=S) groups is 3. The van der Waals surface area contributed by atoms with Crippen LogP contribution in [0.25, 0.3) is 0 Å². The first kappa shape index (κ1) is 38.6. The molecule has 1 rings (SSSR count). The molecule has 0 aliphatic rings. The summed E-state index contributed by atoms with van der Waals surface area (Å²) in [5.74, 6) is 2.24. The fourth-order valence-corrected chi connectivity index (χ4v) is 5.45. The van der Waals surface area contributed by atoms with Gasteiger partial charge in [-0.2, -0.15) is 0 Å². The number of rotatable bonds is 21. The molecule has 0 fully saturated rings. The van der Waals surface area contributed by atoms with Crippen LogP contribution in [-0.4, -0.2) is 66.5 Å². The zero-order chi connectivity index (χ0) is 31.2. The van der Waals surface area contributed by atoms with E-state index in [0.29, 0.717) is 0 Å². The van der Waals surface area contributed by atoms with E-state index in [1.54, 1.807) is 0 Å². The zero-order valence-corrected chi connectivity index (χ0v) is 29.0. The van der Waals surface area contributed by atoms with Crippen molar-refractivity contribution in [2.24, 2.45) is 0 Å².